The van der Waals surface area contributed by atoms with Gasteiger partial charge in [-0.1, -0.05) is 6.07 Å². The van der Waals surface area contributed by atoms with Crippen molar-refractivity contribution in [2.45, 2.75) is 24.4 Å². The Bertz CT molecular complexity index is 638. The van der Waals surface area contributed by atoms with Crippen LogP contribution in [0.1, 0.15) is 17.8 Å². The van der Waals surface area contributed by atoms with Gasteiger partial charge in [0.25, 0.3) is 10.0 Å². The predicted molar refractivity (Wildman–Crippen MR) is 79.1 cm³/mol. The van der Waals surface area contributed by atoms with Crippen LogP contribution in [0.4, 0.5) is 0 Å². The van der Waals surface area contributed by atoms with E-state index in [1.54, 1.807) is 24.7 Å². The van der Waals surface area contributed by atoms with Crippen LogP contribution in [0.25, 0.3) is 0 Å². The number of rotatable bonds is 8. The predicted octanol–water partition coefficient (Wildman–Crippen LogP) is 0.435. The van der Waals surface area contributed by atoms with Gasteiger partial charge in [-0.05, 0) is 25.1 Å². The van der Waals surface area contributed by atoms with Gasteiger partial charge in [0.15, 0.2) is 5.03 Å². The molecule has 2 rings (SSSR count). The SMILES string of the molecule is CNCc1ccc(S(=O)(=O)NCCCc2ncc[nH]2)nc1. The van der Waals surface area contributed by atoms with Crippen LogP contribution in [0.3, 0.4) is 0 Å². The Balaban J connectivity index is 1.85. The van der Waals surface area contributed by atoms with Gasteiger partial charge in [0.1, 0.15) is 5.82 Å². The average molecular weight is 309 g/mol. The van der Waals surface area contributed by atoms with Crippen molar-refractivity contribution in [3.05, 3.63) is 42.1 Å². The van der Waals surface area contributed by atoms with Crippen LogP contribution in [0.2, 0.25) is 0 Å². The standard InChI is InChI=1S/C13H19N5O2S/c1-14-9-11-4-5-13(17-10-11)21(19,20)18-6-2-3-12-15-7-8-16-12/h4-5,7-8,10,14,18H,2-3,6,9H2,1H3,(H,15,16). The zero-order valence-corrected chi connectivity index (χ0v) is 12.7. The molecule has 0 aliphatic heterocycles. The molecule has 3 N–H and O–H groups in total. The minimum absolute atomic E-state index is 0.0420. The fraction of sp³-hybridized carbons (Fsp3) is 0.385. The molecule has 0 bridgehead atoms. The van der Waals surface area contributed by atoms with Crippen molar-refractivity contribution in [1.29, 1.82) is 0 Å². The van der Waals surface area contributed by atoms with E-state index < -0.39 is 10.0 Å². The van der Waals surface area contributed by atoms with Gasteiger partial charge in [0, 0.05) is 38.1 Å². The molecule has 7 nitrogen and oxygen atoms in total. The monoisotopic (exact) mass is 309 g/mol. The van der Waals surface area contributed by atoms with Crippen molar-refractivity contribution in [2.24, 2.45) is 0 Å². The molecular weight excluding hydrogens is 290 g/mol. The maximum atomic E-state index is 12.1. The first kappa shape index (κ1) is 15.6. The Hall–Kier alpha value is -1.77. The van der Waals surface area contributed by atoms with E-state index in [0.717, 1.165) is 11.4 Å². The number of nitrogens with one attached hydrogen (secondary N) is 3. The van der Waals surface area contributed by atoms with Crippen molar-refractivity contribution in [3.63, 3.8) is 0 Å². The Morgan fingerprint density at radius 3 is 2.76 bits per heavy atom. The zero-order valence-electron chi connectivity index (χ0n) is 11.8. The van der Waals surface area contributed by atoms with Gasteiger partial charge in [0.05, 0.1) is 0 Å². The summed E-state index contributed by atoms with van der Waals surface area (Å²) in [5, 5.41) is 3.03. The van der Waals surface area contributed by atoms with Crippen molar-refractivity contribution >= 4 is 10.0 Å². The van der Waals surface area contributed by atoms with E-state index in [4.69, 9.17) is 0 Å². The van der Waals surface area contributed by atoms with E-state index in [-0.39, 0.29) is 5.03 Å². The van der Waals surface area contributed by atoms with Gasteiger partial charge < -0.3 is 10.3 Å². The molecule has 2 aromatic heterocycles. The first-order valence-corrected chi connectivity index (χ1v) is 8.17. The maximum Gasteiger partial charge on any atom is 0.258 e. The summed E-state index contributed by atoms with van der Waals surface area (Å²) in [7, 11) is -1.72. The quantitative estimate of drug-likeness (QED) is 0.614. The van der Waals surface area contributed by atoms with Gasteiger partial charge in [-0.25, -0.2) is 23.1 Å². The molecule has 0 amide bonds. The number of pyridine rings is 1. The highest BCUT2D eigenvalue weighted by atomic mass is 32.2. The largest absolute Gasteiger partial charge is 0.349 e. The fourth-order valence-corrected chi connectivity index (χ4v) is 2.85. The van der Waals surface area contributed by atoms with Gasteiger partial charge >= 0.3 is 0 Å². The molecular formula is C13H19N5O2S. The van der Waals surface area contributed by atoms with Gasteiger partial charge in [-0.3, -0.25) is 0 Å². The third-order valence-corrected chi connectivity index (χ3v) is 4.27. The second kappa shape index (κ2) is 7.30. The number of nitrogens with zero attached hydrogens (tertiary/aromatic N) is 2. The zero-order chi connectivity index (χ0) is 15.1. The molecule has 0 fully saturated rings. The van der Waals surface area contributed by atoms with E-state index >= 15 is 0 Å². The topological polar surface area (TPSA) is 99.8 Å². The number of H-pyrrole nitrogens is 1. The Labute approximate surface area is 124 Å². The number of aromatic amines is 1. The molecule has 0 unspecified atom stereocenters. The summed E-state index contributed by atoms with van der Waals surface area (Å²) in [5.41, 5.74) is 0.939. The molecule has 21 heavy (non-hydrogen) atoms. The van der Waals surface area contributed by atoms with Gasteiger partial charge in [-0.2, -0.15) is 0 Å². The maximum absolute atomic E-state index is 12.1. The lowest BCUT2D eigenvalue weighted by molar-refractivity contribution is 0.574. The summed E-state index contributed by atoms with van der Waals surface area (Å²) in [5.74, 6) is 0.851. The van der Waals surface area contributed by atoms with Crippen molar-refractivity contribution in [2.75, 3.05) is 13.6 Å². The lowest BCUT2D eigenvalue weighted by atomic mass is 10.3. The third-order valence-electron chi connectivity index (χ3n) is 2.89. The molecule has 0 spiro atoms. The smallest absolute Gasteiger partial charge is 0.258 e. The van der Waals surface area contributed by atoms with Crippen molar-refractivity contribution in [1.82, 2.24) is 25.0 Å². The Morgan fingerprint density at radius 1 is 1.29 bits per heavy atom. The van der Waals surface area contributed by atoms with Crippen LogP contribution in [0, 0.1) is 0 Å². The molecule has 8 heteroatoms. The Morgan fingerprint density at radius 2 is 2.14 bits per heavy atom. The van der Waals surface area contributed by atoms with Crippen LogP contribution in [-0.4, -0.2) is 37.0 Å². The lowest BCUT2D eigenvalue weighted by Crippen LogP contribution is -2.26. The minimum Gasteiger partial charge on any atom is -0.349 e. The van der Waals surface area contributed by atoms with Crippen molar-refractivity contribution < 1.29 is 8.42 Å². The summed E-state index contributed by atoms with van der Waals surface area (Å²) < 4.78 is 26.6. The molecule has 2 aromatic rings. The summed E-state index contributed by atoms with van der Waals surface area (Å²) in [6.45, 7) is 1.01. The lowest BCUT2D eigenvalue weighted by Gasteiger charge is -2.06. The molecule has 2 heterocycles. The highest BCUT2D eigenvalue weighted by molar-refractivity contribution is 7.89. The average Bonchev–Trinajstić information content (AvgIpc) is 2.98. The summed E-state index contributed by atoms with van der Waals surface area (Å²) >= 11 is 0. The van der Waals surface area contributed by atoms with Crippen molar-refractivity contribution in [3.8, 4) is 0 Å². The van der Waals surface area contributed by atoms with Crippen LogP contribution < -0.4 is 10.0 Å². The number of hydrogen-bond acceptors (Lipinski definition) is 5. The van der Waals surface area contributed by atoms with E-state index in [1.165, 1.54) is 6.07 Å². The summed E-state index contributed by atoms with van der Waals surface area (Å²) in [4.78, 5) is 11.1. The van der Waals surface area contributed by atoms with E-state index in [2.05, 4.69) is 25.0 Å². The highest BCUT2D eigenvalue weighted by Crippen LogP contribution is 2.06. The van der Waals surface area contributed by atoms with Crippen LogP contribution in [0.5, 0.6) is 0 Å². The normalized spacial score (nSPS) is 11.7. The molecule has 0 atom stereocenters. The van der Waals surface area contributed by atoms with Crippen LogP contribution >= 0.6 is 0 Å². The molecule has 0 saturated carbocycles. The number of imidazole rings is 1. The fourth-order valence-electron chi connectivity index (χ4n) is 1.85. The number of hydrogen-bond donors (Lipinski definition) is 3. The van der Waals surface area contributed by atoms with Crippen LogP contribution in [0.15, 0.2) is 35.7 Å². The molecule has 0 aliphatic carbocycles. The van der Waals surface area contributed by atoms with Crippen LogP contribution in [-0.2, 0) is 23.0 Å². The number of aryl methyl sites for hydroxylation is 1. The molecule has 0 aromatic carbocycles. The molecule has 0 radical (unpaired) electrons. The van der Waals surface area contributed by atoms with E-state index in [0.29, 0.717) is 25.9 Å². The van der Waals surface area contributed by atoms with Gasteiger partial charge in [-0.15, -0.1) is 0 Å². The highest BCUT2D eigenvalue weighted by Gasteiger charge is 2.14. The second-order valence-electron chi connectivity index (χ2n) is 4.57. The summed E-state index contributed by atoms with van der Waals surface area (Å²) in [6.07, 6.45) is 6.36. The van der Waals surface area contributed by atoms with E-state index in [1.807, 2.05) is 7.05 Å². The number of aromatic nitrogens is 3. The Kier molecular flexibility index (Phi) is 5.43. The van der Waals surface area contributed by atoms with Gasteiger partial charge in [0.2, 0.25) is 0 Å². The molecule has 0 saturated heterocycles. The first-order valence-electron chi connectivity index (χ1n) is 6.69. The first-order chi connectivity index (χ1) is 10.1. The molecule has 114 valence electrons. The minimum atomic E-state index is -3.55. The second-order valence-corrected chi connectivity index (χ2v) is 6.29. The molecule has 0 aliphatic rings. The summed E-state index contributed by atoms with van der Waals surface area (Å²) in [6, 6.07) is 3.27. The number of sulfonamides is 1. The third kappa shape index (κ3) is 4.62. The van der Waals surface area contributed by atoms with E-state index in [9.17, 15) is 8.42 Å².